The summed E-state index contributed by atoms with van der Waals surface area (Å²) in [5.41, 5.74) is 2.01. The zero-order valence-corrected chi connectivity index (χ0v) is 9.25. The first-order chi connectivity index (χ1) is 7.20. The summed E-state index contributed by atoms with van der Waals surface area (Å²) in [5, 5.41) is 9.69. The Hall–Kier alpha value is -1.10. The van der Waals surface area contributed by atoms with Gasteiger partial charge in [0.05, 0.1) is 5.92 Å². The van der Waals surface area contributed by atoms with Crippen LogP contribution in [0.1, 0.15) is 17.7 Å². The van der Waals surface area contributed by atoms with Gasteiger partial charge in [-0.25, -0.2) is 9.97 Å². The predicted molar refractivity (Wildman–Crippen MR) is 57.0 cm³/mol. The van der Waals surface area contributed by atoms with Crippen molar-refractivity contribution in [1.82, 2.24) is 9.97 Å². The molecule has 1 aliphatic rings. The van der Waals surface area contributed by atoms with E-state index in [4.69, 9.17) is 5.11 Å². The molecule has 1 aromatic heterocycles. The number of aromatic nitrogens is 2. The van der Waals surface area contributed by atoms with E-state index < -0.39 is 5.97 Å². The van der Waals surface area contributed by atoms with Crippen LogP contribution in [0, 0.1) is 5.92 Å². The van der Waals surface area contributed by atoms with E-state index in [1.54, 1.807) is 6.20 Å². The molecule has 5 heteroatoms. The second-order valence-corrected chi connectivity index (χ2v) is 4.38. The molecule has 0 fully saturated rings. The van der Waals surface area contributed by atoms with Crippen molar-refractivity contribution in [3.05, 3.63) is 17.5 Å². The van der Waals surface area contributed by atoms with Crippen molar-refractivity contribution in [2.75, 3.05) is 6.26 Å². The third-order valence-electron chi connectivity index (χ3n) is 2.66. The molecule has 0 bridgehead atoms. The number of carbonyl (C=O) groups is 1. The van der Waals surface area contributed by atoms with Gasteiger partial charge in [0.2, 0.25) is 0 Å². The fourth-order valence-electron chi connectivity index (χ4n) is 1.80. The Morgan fingerprint density at radius 2 is 2.47 bits per heavy atom. The normalized spacial score (nSPS) is 19.7. The highest BCUT2D eigenvalue weighted by molar-refractivity contribution is 7.98. The summed E-state index contributed by atoms with van der Waals surface area (Å²) < 4.78 is 0. The molecule has 0 radical (unpaired) electrons. The zero-order valence-electron chi connectivity index (χ0n) is 8.43. The van der Waals surface area contributed by atoms with E-state index in [2.05, 4.69) is 9.97 Å². The number of fused-ring (bicyclic) bond motifs is 1. The third-order valence-corrected chi connectivity index (χ3v) is 3.22. The molecule has 0 spiro atoms. The van der Waals surface area contributed by atoms with Crippen LogP contribution in [-0.2, 0) is 17.6 Å². The van der Waals surface area contributed by atoms with Gasteiger partial charge in [0.1, 0.15) is 0 Å². The van der Waals surface area contributed by atoms with Crippen molar-refractivity contribution >= 4 is 17.7 Å². The first kappa shape index (κ1) is 10.4. The molecule has 0 amide bonds. The molecule has 1 N–H and O–H groups in total. The van der Waals surface area contributed by atoms with E-state index in [0.29, 0.717) is 12.8 Å². The van der Waals surface area contributed by atoms with Gasteiger partial charge in [0.25, 0.3) is 0 Å². The predicted octanol–water partition coefficient (Wildman–Crippen LogP) is 1.39. The molecule has 0 saturated carbocycles. The molecule has 0 unspecified atom stereocenters. The van der Waals surface area contributed by atoms with Crippen LogP contribution in [0.15, 0.2) is 11.4 Å². The molecule has 15 heavy (non-hydrogen) atoms. The molecular formula is C10H12N2O2S. The number of carboxylic acid groups (broad SMARTS) is 1. The molecule has 0 aliphatic heterocycles. The highest BCUT2D eigenvalue weighted by Crippen LogP contribution is 2.25. The number of thioether (sulfide) groups is 1. The number of aryl methyl sites for hydroxylation is 1. The number of hydrogen-bond acceptors (Lipinski definition) is 4. The first-order valence-corrected chi connectivity index (χ1v) is 6.04. The third kappa shape index (κ3) is 2.12. The minimum absolute atomic E-state index is 0.263. The number of rotatable bonds is 2. The van der Waals surface area contributed by atoms with Crippen LogP contribution in [-0.4, -0.2) is 27.3 Å². The Morgan fingerprint density at radius 3 is 3.13 bits per heavy atom. The smallest absolute Gasteiger partial charge is 0.306 e. The van der Waals surface area contributed by atoms with Gasteiger partial charge in [0.15, 0.2) is 5.16 Å². The SMILES string of the molecule is CSc1ncc2c(n1)CC[C@@H](C(=O)O)C2. The van der Waals surface area contributed by atoms with Gasteiger partial charge >= 0.3 is 5.97 Å². The van der Waals surface area contributed by atoms with Gasteiger partial charge in [-0.2, -0.15) is 0 Å². The summed E-state index contributed by atoms with van der Waals surface area (Å²) in [4.78, 5) is 19.4. The van der Waals surface area contributed by atoms with Gasteiger partial charge in [-0.1, -0.05) is 11.8 Å². The van der Waals surface area contributed by atoms with Gasteiger partial charge in [0, 0.05) is 11.9 Å². The maximum absolute atomic E-state index is 10.8. The Balaban J connectivity index is 2.24. The Kier molecular flexibility index (Phi) is 2.90. The monoisotopic (exact) mass is 224 g/mol. The van der Waals surface area contributed by atoms with Crippen molar-refractivity contribution < 1.29 is 9.90 Å². The van der Waals surface area contributed by atoms with E-state index in [-0.39, 0.29) is 5.92 Å². The van der Waals surface area contributed by atoms with E-state index in [1.807, 2.05) is 6.26 Å². The minimum Gasteiger partial charge on any atom is -0.481 e. The summed E-state index contributed by atoms with van der Waals surface area (Å²) in [6.45, 7) is 0. The van der Waals surface area contributed by atoms with Gasteiger partial charge in [-0.05, 0) is 31.1 Å². The van der Waals surface area contributed by atoms with E-state index >= 15 is 0 Å². The topological polar surface area (TPSA) is 63.1 Å². The van der Waals surface area contributed by atoms with Crippen LogP contribution < -0.4 is 0 Å². The van der Waals surface area contributed by atoms with Gasteiger partial charge < -0.3 is 5.11 Å². The molecule has 0 aromatic carbocycles. The molecule has 0 saturated heterocycles. The average Bonchev–Trinajstić information content (AvgIpc) is 2.27. The van der Waals surface area contributed by atoms with Crippen molar-refractivity contribution in [3.63, 3.8) is 0 Å². The summed E-state index contributed by atoms with van der Waals surface area (Å²) in [6.07, 6.45) is 5.71. The van der Waals surface area contributed by atoms with Crippen molar-refractivity contribution in [3.8, 4) is 0 Å². The highest BCUT2D eigenvalue weighted by atomic mass is 32.2. The first-order valence-electron chi connectivity index (χ1n) is 4.82. The Morgan fingerprint density at radius 1 is 1.67 bits per heavy atom. The lowest BCUT2D eigenvalue weighted by Gasteiger charge is -2.20. The lowest BCUT2D eigenvalue weighted by molar-refractivity contribution is -0.142. The van der Waals surface area contributed by atoms with Crippen molar-refractivity contribution in [2.24, 2.45) is 5.92 Å². The van der Waals surface area contributed by atoms with Crippen molar-refractivity contribution in [2.45, 2.75) is 24.4 Å². The Bertz CT molecular complexity index is 395. The summed E-state index contributed by atoms with van der Waals surface area (Å²) in [6, 6.07) is 0. The van der Waals surface area contributed by atoms with Crippen molar-refractivity contribution in [1.29, 1.82) is 0 Å². The van der Waals surface area contributed by atoms with E-state index in [0.717, 1.165) is 22.8 Å². The van der Waals surface area contributed by atoms with Crippen LogP contribution in [0.4, 0.5) is 0 Å². The average molecular weight is 224 g/mol. The number of aliphatic carboxylic acids is 1. The Labute approximate surface area is 92.1 Å². The van der Waals surface area contributed by atoms with Crippen LogP contribution in [0.5, 0.6) is 0 Å². The zero-order chi connectivity index (χ0) is 10.8. The fraction of sp³-hybridized carbons (Fsp3) is 0.500. The van der Waals surface area contributed by atoms with Gasteiger partial charge in [-0.3, -0.25) is 4.79 Å². The van der Waals surface area contributed by atoms with Crippen LogP contribution >= 0.6 is 11.8 Å². The minimum atomic E-state index is -0.713. The molecule has 80 valence electrons. The maximum atomic E-state index is 10.8. The molecular weight excluding hydrogens is 212 g/mol. The molecule has 1 aromatic rings. The fourth-order valence-corrected chi connectivity index (χ4v) is 2.16. The second kappa shape index (κ2) is 4.18. The standard InChI is InChI=1S/C10H12N2O2S/c1-15-10-11-5-7-4-6(9(13)14)2-3-8(7)12-10/h5-6H,2-4H2,1H3,(H,13,14)/t6-/m1/s1. The molecule has 1 heterocycles. The van der Waals surface area contributed by atoms with Crippen LogP contribution in [0.2, 0.25) is 0 Å². The molecule has 4 nitrogen and oxygen atoms in total. The summed E-state index contributed by atoms with van der Waals surface area (Å²) in [7, 11) is 0. The lowest BCUT2D eigenvalue weighted by atomic mass is 9.87. The second-order valence-electron chi connectivity index (χ2n) is 3.61. The summed E-state index contributed by atoms with van der Waals surface area (Å²) in [5.74, 6) is -0.976. The van der Waals surface area contributed by atoms with Crippen LogP contribution in [0.25, 0.3) is 0 Å². The highest BCUT2D eigenvalue weighted by Gasteiger charge is 2.25. The quantitative estimate of drug-likeness (QED) is 0.607. The summed E-state index contributed by atoms with van der Waals surface area (Å²) >= 11 is 1.51. The van der Waals surface area contributed by atoms with E-state index in [1.165, 1.54) is 11.8 Å². The number of nitrogens with zero attached hydrogens (tertiary/aromatic N) is 2. The largest absolute Gasteiger partial charge is 0.481 e. The van der Waals surface area contributed by atoms with Gasteiger partial charge in [-0.15, -0.1) is 0 Å². The molecule has 1 aliphatic carbocycles. The molecule has 1 atom stereocenters. The number of hydrogen-bond donors (Lipinski definition) is 1. The van der Waals surface area contributed by atoms with E-state index in [9.17, 15) is 4.79 Å². The van der Waals surface area contributed by atoms with Crippen LogP contribution in [0.3, 0.4) is 0 Å². The molecule has 2 rings (SSSR count). The lowest BCUT2D eigenvalue weighted by Crippen LogP contribution is -2.23. The number of carboxylic acids is 1. The maximum Gasteiger partial charge on any atom is 0.306 e.